The molecule has 0 fully saturated rings. The number of carbonyl (C=O) groups excluding carboxylic acids is 1. The van der Waals surface area contributed by atoms with Crippen LogP contribution in [0.15, 0.2) is 48.5 Å². The van der Waals surface area contributed by atoms with Crippen LogP contribution >= 0.6 is 0 Å². The highest BCUT2D eigenvalue weighted by Crippen LogP contribution is 2.32. The van der Waals surface area contributed by atoms with Gasteiger partial charge in [-0.15, -0.1) is 0 Å². The molecule has 0 saturated heterocycles. The molecule has 0 atom stereocenters. The number of aryl methyl sites for hydroxylation is 2. The first-order valence-corrected chi connectivity index (χ1v) is 8.79. The van der Waals surface area contributed by atoms with Gasteiger partial charge in [-0.25, -0.2) is 14.8 Å². The first kappa shape index (κ1) is 19.2. The van der Waals surface area contributed by atoms with E-state index < -0.39 is 10.9 Å². The van der Waals surface area contributed by atoms with E-state index in [0.29, 0.717) is 22.8 Å². The lowest BCUT2D eigenvalue weighted by Crippen LogP contribution is -2.13. The molecule has 0 spiro atoms. The molecule has 3 aromatic rings. The topological polar surface area (TPSA) is 95.2 Å². The number of carbonyl (C=O) groups is 1. The molecular weight excluding hydrogens is 358 g/mol. The zero-order valence-corrected chi connectivity index (χ0v) is 15.8. The molecule has 7 nitrogen and oxygen atoms in total. The quantitative estimate of drug-likeness (QED) is 0.369. The molecular formula is C21H19N3O4. The summed E-state index contributed by atoms with van der Waals surface area (Å²) in [5, 5.41) is 11.3. The first-order chi connectivity index (χ1) is 13.4. The first-order valence-electron chi connectivity index (χ1n) is 8.79. The van der Waals surface area contributed by atoms with Crippen molar-refractivity contribution in [3.8, 4) is 22.6 Å². The van der Waals surface area contributed by atoms with Crippen LogP contribution in [-0.2, 0) is 4.74 Å². The molecule has 142 valence electrons. The highest BCUT2D eigenvalue weighted by molar-refractivity contribution is 5.98. The van der Waals surface area contributed by atoms with Gasteiger partial charge in [-0.2, -0.15) is 0 Å². The van der Waals surface area contributed by atoms with E-state index in [1.54, 1.807) is 19.9 Å². The number of hydrogen-bond acceptors (Lipinski definition) is 6. The average Bonchev–Trinajstić information content (AvgIpc) is 2.68. The number of nitrogens with zero attached hydrogens (tertiary/aromatic N) is 3. The SMILES string of the molecule is CCOC(=O)c1c(C)nc(-c2ccccc2)nc1-c1cc([N+](=O)[O-])ccc1C. The third-order valence-corrected chi connectivity index (χ3v) is 4.29. The van der Waals surface area contributed by atoms with Gasteiger partial charge < -0.3 is 4.74 Å². The van der Waals surface area contributed by atoms with Crippen LogP contribution in [0.25, 0.3) is 22.6 Å². The number of esters is 1. The molecule has 0 aliphatic heterocycles. The Morgan fingerprint density at radius 3 is 2.46 bits per heavy atom. The number of ether oxygens (including phenoxy) is 1. The van der Waals surface area contributed by atoms with Crippen LogP contribution in [0.1, 0.15) is 28.5 Å². The van der Waals surface area contributed by atoms with Crippen molar-refractivity contribution in [2.45, 2.75) is 20.8 Å². The molecule has 28 heavy (non-hydrogen) atoms. The monoisotopic (exact) mass is 377 g/mol. The molecule has 0 bridgehead atoms. The van der Waals surface area contributed by atoms with Gasteiger partial charge in [0.15, 0.2) is 5.82 Å². The summed E-state index contributed by atoms with van der Waals surface area (Å²) in [6.07, 6.45) is 0. The fourth-order valence-electron chi connectivity index (χ4n) is 2.91. The van der Waals surface area contributed by atoms with E-state index in [1.165, 1.54) is 12.1 Å². The molecule has 0 radical (unpaired) electrons. The Balaban J connectivity index is 2.30. The summed E-state index contributed by atoms with van der Waals surface area (Å²) in [7, 11) is 0. The summed E-state index contributed by atoms with van der Waals surface area (Å²) in [4.78, 5) is 32.5. The molecule has 7 heteroatoms. The van der Waals surface area contributed by atoms with Gasteiger partial charge in [0.25, 0.3) is 5.69 Å². The van der Waals surface area contributed by atoms with E-state index in [0.717, 1.165) is 11.1 Å². The normalized spacial score (nSPS) is 10.5. The fraction of sp³-hybridized carbons (Fsp3) is 0.190. The Hall–Kier alpha value is -3.61. The van der Waals surface area contributed by atoms with Crippen molar-refractivity contribution in [3.63, 3.8) is 0 Å². The Morgan fingerprint density at radius 1 is 1.11 bits per heavy atom. The molecule has 0 aliphatic rings. The van der Waals surface area contributed by atoms with Crippen LogP contribution in [0.2, 0.25) is 0 Å². The van der Waals surface area contributed by atoms with Crippen molar-refractivity contribution in [2.75, 3.05) is 6.61 Å². The van der Waals surface area contributed by atoms with Crippen molar-refractivity contribution < 1.29 is 14.5 Å². The predicted octanol–water partition coefficient (Wildman–Crippen LogP) is 4.51. The second-order valence-corrected chi connectivity index (χ2v) is 6.20. The zero-order chi connectivity index (χ0) is 20.3. The Bertz CT molecular complexity index is 1050. The highest BCUT2D eigenvalue weighted by atomic mass is 16.6. The van der Waals surface area contributed by atoms with Crippen molar-refractivity contribution in [1.29, 1.82) is 0 Å². The second-order valence-electron chi connectivity index (χ2n) is 6.20. The minimum absolute atomic E-state index is 0.0760. The van der Waals surface area contributed by atoms with Gasteiger partial charge in [0.1, 0.15) is 5.56 Å². The maximum Gasteiger partial charge on any atom is 0.342 e. The van der Waals surface area contributed by atoms with E-state index in [1.807, 2.05) is 37.3 Å². The molecule has 0 amide bonds. The van der Waals surface area contributed by atoms with E-state index in [2.05, 4.69) is 9.97 Å². The predicted molar refractivity (Wildman–Crippen MR) is 105 cm³/mol. The third-order valence-electron chi connectivity index (χ3n) is 4.29. The largest absolute Gasteiger partial charge is 0.462 e. The lowest BCUT2D eigenvalue weighted by Gasteiger charge is -2.14. The molecule has 0 unspecified atom stereocenters. The summed E-state index contributed by atoms with van der Waals surface area (Å²) >= 11 is 0. The van der Waals surface area contributed by atoms with E-state index in [-0.39, 0.29) is 17.9 Å². The number of nitro groups is 1. The van der Waals surface area contributed by atoms with Crippen LogP contribution in [-0.4, -0.2) is 27.5 Å². The summed E-state index contributed by atoms with van der Waals surface area (Å²) in [6.45, 7) is 5.43. The summed E-state index contributed by atoms with van der Waals surface area (Å²) in [5.74, 6) is -0.118. The van der Waals surface area contributed by atoms with Crippen LogP contribution in [0.5, 0.6) is 0 Å². The number of nitro benzene ring substituents is 1. The van der Waals surface area contributed by atoms with Crippen LogP contribution in [0, 0.1) is 24.0 Å². The summed E-state index contributed by atoms with van der Waals surface area (Å²) < 4.78 is 5.18. The van der Waals surface area contributed by atoms with Crippen molar-refractivity contribution in [3.05, 3.63) is 75.5 Å². The lowest BCUT2D eigenvalue weighted by molar-refractivity contribution is -0.384. The van der Waals surface area contributed by atoms with Gasteiger partial charge in [-0.1, -0.05) is 36.4 Å². The van der Waals surface area contributed by atoms with Crippen LogP contribution in [0.3, 0.4) is 0 Å². The smallest absolute Gasteiger partial charge is 0.342 e. The van der Waals surface area contributed by atoms with Crippen molar-refractivity contribution >= 4 is 11.7 Å². The zero-order valence-electron chi connectivity index (χ0n) is 15.8. The maximum atomic E-state index is 12.6. The van der Waals surface area contributed by atoms with Crippen molar-refractivity contribution in [1.82, 2.24) is 9.97 Å². The minimum Gasteiger partial charge on any atom is -0.462 e. The number of hydrogen-bond donors (Lipinski definition) is 0. The summed E-state index contributed by atoms with van der Waals surface area (Å²) in [6, 6.07) is 13.8. The van der Waals surface area contributed by atoms with E-state index in [9.17, 15) is 14.9 Å². The molecule has 3 rings (SSSR count). The highest BCUT2D eigenvalue weighted by Gasteiger charge is 2.24. The third kappa shape index (κ3) is 3.73. The number of rotatable bonds is 5. The second kappa shape index (κ2) is 7.96. The van der Waals surface area contributed by atoms with Gasteiger partial charge >= 0.3 is 5.97 Å². The molecule has 0 N–H and O–H groups in total. The van der Waals surface area contributed by atoms with Crippen molar-refractivity contribution in [2.24, 2.45) is 0 Å². The van der Waals surface area contributed by atoms with Crippen LogP contribution in [0.4, 0.5) is 5.69 Å². The standard InChI is InChI=1S/C21H19N3O4/c1-4-28-21(25)18-14(3)22-20(15-8-6-5-7-9-15)23-19(18)17-12-16(24(26)27)11-10-13(17)2/h5-12H,4H2,1-3H3. The summed E-state index contributed by atoms with van der Waals surface area (Å²) in [5.41, 5.74) is 2.95. The van der Waals surface area contributed by atoms with Gasteiger partial charge in [0, 0.05) is 23.3 Å². The minimum atomic E-state index is -0.555. The Kier molecular flexibility index (Phi) is 5.44. The van der Waals surface area contributed by atoms with E-state index >= 15 is 0 Å². The number of non-ortho nitro benzene ring substituents is 1. The molecule has 1 heterocycles. The molecule has 0 aliphatic carbocycles. The molecule has 2 aromatic carbocycles. The van der Waals surface area contributed by atoms with Gasteiger partial charge in [-0.05, 0) is 26.3 Å². The number of benzene rings is 2. The van der Waals surface area contributed by atoms with Gasteiger partial charge in [0.2, 0.25) is 0 Å². The molecule has 0 saturated carbocycles. The lowest BCUT2D eigenvalue weighted by atomic mass is 9.99. The average molecular weight is 377 g/mol. The fourth-order valence-corrected chi connectivity index (χ4v) is 2.91. The Labute approximate surface area is 162 Å². The maximum absolute atomic E-state index is 12.6. The Morgan fingerprint density at radius 2 is 1.82 bits per heavy atom. The van der Waals surface area contributed by atoms with Gasteiger partial charge in [-0.3, -0.25) is 10.1 Å². The number of aromatic nitrogens is 2. The van der Waals surface area contributed by atoms with Gasteiger partial charge in [0.05, 0.1) is 22.9 Å². The van der Waals surface area contributed by atoms with Crippen LogP contribution < -0.4 is 0 Å². The van der Waals surface area contributed by atoms with E-state index in [4.69, 9.17) is 4.74 Å². The molecule has 1 aromatic heterocycles.